The lowest BCUT2D eigenvalue weighted by molar-refractivity contribution is 0.617. The first-order valence-corrected chi connectivity index (χ1v) is 7.48. The summed E-state index contributed by atoms with van der Waals surface area (Å²) in [6.07, 6.45) is 2.90. The predicted molar refractivity (Wildman–Crippen MR) is 79.8 cm³/mol. The Morgan fingerprint density at radius 2 is 2.10 bits per heavy atom. The standard InChI is InChI=1S/C13H18FN5S/c1-3-5-16-13-17-7-10(14)12(19-13)15-6-4-11-18-9(2)8-20-11/h7-8H,3-6H2,1-2H3,(H2,15,16,17,19). The van der Waals surface area contributed by atoms with E-state index in [4.69, 9.17) is 0 Å². The number of hydrogen-bond donors (Lipinski definition) is 2. The molecule has 0 spiro atoms. The Labute approximate surface area is 121 Å². The minimum absolute atomic E-state index is 0.229. The number of hydrogen-bond acceptors (Lipinski definition) is 6. The molecule has 0 aliphatic heterocycles. The van der Waals surface area contributed by atoms with Crippen molar-refractivity contribution in [3.05, 3.63) is 28.1 Å². The second-order valence-corrected chi connectivity index (χ2v) is 5.32. The van der Waals surface area contributed by atoms with Crippen LogP contribution in [0.4, 0.5) is 16.2 Å². The van der Waals surface area contributed by atoms with Crippen LogP contribution in [0.5, 0.6) is 0 Å². The summed E-state index contributed by atoms with van der Waals surface area (Å²) in [4.78, 5) is 12.4. The highest BCUT2D eigenvalue weighted by atomic mass is 32.1. The molecule has 0 aliphatic carbocycles. The van der Waals surface area contributed by atoms with Gasteiger partial charge in [-0.1, -0.05) is 6.92 Å². The summed E-state index contributed by atoms with van der Waals surface area (Å²) >= 11 is 1.61. The Morgan fingerprint density at radius 3 is 2.80 bits per heavy atom. The maximum Gasteiger partial charge on any atom is 0.224 e. The Morgan fingerprint density at radius 1 is 1.25 bits per heavy atom. The van der Waals surface area contributed by atoms with Crippen LogP contribution in [0.1, 0.15) is 24.0 Å². The molecule has 2 aromatic heterocycles. The Kier molecular flexibility index (Phi) is 5.23. The quantitative estimate of drug-likeness (QED) is 0.822. The van der Waals surface area contributed by atoms with Gasteiger partial charge in [0.15, 0.2) is 11.6 Å². The third-order valence-electron chi connectivity index (χ3n) is 2.58. The van der Waals surface area contributed by atoms with Crippen LogP contribution in [-0.4, -0.2) is 28.0 Å². The average molecular weight is 295 g/mol. The molecule has 0 unspecified atom stereocenters. The van der Waals surface area contributed by atoms with E-state index >= 15 is 0 Å². The fraction of sp³-hybridized carbons (Fsp3) is 0.462. The van der Waals surface area contributed by atoms with Crippen molar-refractivity contribution in [2.75, 3.05) is 23.7 Å². The second-order valence-electron chi connectivity index (χ2n) is 4.38. The maximum atomic E-state index is 13.6. The zero-order chi connectivity index (χ0) is 14.4. The number of nitrogens with zero attached hydrogens (tertiary/aromatic N) is 3. The van der Waals surface area contributed by atoms with Crippen molar-refractivity contribution in [2.24, 2.45) is 0 Å². The summed E-state index contributed by atoms with van der Waals surface area (Å²) in [5, 5.41) is 9.07. The largest absolute Gasteiger partial charge is 0.367 e. The second kappa shape index (κ2) is 7.14. The fourth-order valence-electron chi connectivity index (χ4n) is 1.62. The van der Waals surface area contributed by atoms with E-state index in [1.165, 1.54) is 6.20 Å². The van der Waals surface area contributed by atoms with E-state index in [1.807, 2.05) is 19.2 Å². The molecule has 2 rings (SSSR count). The Bertz CT molecular complexity index is 557. The maximum absolute atomic E-state index is 13.6. The Hall–Kier alpha value is -1.76. The molecule has 0 aromatic carbocycles. The van der Waals surface area contributed by atoms with Gasteiger partial charge in [-0.05, 0) is 13.3 Å². The van der Waals surface area contributed by atoms with E-state index in [-0.39, 0.29) is 5.82 Å². The molecule has 0 saturated heterocycles. The summed E-state index contributed by atoms with van der Waals surface area (Å²) in [5.74, 6) is 0.232. The van der Waals surface area contributed by atoms with Crippen molar-refractivity contribution in [2.45, 2.75) is 26.7 Å². The molecule has 2 N–H and O–H groups in total. The van der Waals surface area contributed by atoms with Gasteiger partial charge in [0, 0.05) is 30.6 Å². The van der Waals surface area contributed by atoms with E-state index in [1.54, 1.807) is 11.3 Å². The van der Waals surface area contributed by atoms with Gasteiger partial charge in [0.1, 0.15) is 0 Å². The molecule has 20 heavy (non-hydrogen) atoms. The molecule has 0 radical (unpaired) electrons. The van der Waals surface area contributed by atoms with Gasteiger partial charge in [-0.3, -0.25) is 0 Å². The normalized spacial score (nSPS) is 10.6. The fourth-order valence-corrected chi connectivity index (χ4v) is 2.39. The van der Waals surface area contributed by atoms with Crippen molar-refractivity contribution in [3.63, 3.8) is 0 Å². The van der Waals surface area contributed by atoms with E-state index in [2.05, 4.69) is 25.6 Å². The van der Waals surface area contributed by atoms with E-state index < -0.39 is 5.82 Å². The molecule has 2 heterocycles. The topological polar surface area (TPSA) is 62.7 Å². The molecular formula is C13H18FN5S. The first-order chi connectivity index (χ1) is 9.69. The van der Waals surface area contributed by atoms with Gasteiger partial charge in [-0.25, -0.2) is 14.4 Å². The molecule has 0 aliphatic rings. The summed E-state index contributed by atoms with van der Waals surface area (Å²) < 4.78 is 13.6. The average Bonchev–Trinajstić information content (AvgIpc) is 2.85. The van der Waals surface area contributed by atoms with E-state index in [0.717, 1.165) is 30.1 Å². The molecule has 108 valence electrons. The van der Waals surface area contributed by atoms with Crippen LogP contribution in [0, 0.1) is 12.7 Å². The van der Waals surface area contributed by atoms with Gasteiger partial charge in [0.05, 0.1) is 11.2 Å². The molecule has 2 aromatic rings. The zero-order valence-corrected chi connectivity index (χ0v) is 12.4. The van der Waals surface area contributed by atoms with Crippen molar-refractivity contribution >= 4 is 23.1 Å². The SMILES string of the molecule is CCCNc1ncc(F)c(NCCc2nc(C)cs2)n1. The number of rotatable bonds is 7. The van der Waals surface area contributed by atoms with Crippen LogP contribution in [0.2, 0.25) is 0 Å². The molecule has 0 fully saturated rings. The third-order valence-corrected chi connectivity index (χ3v) is 3.60. The highest BCUT2D eigenvalue weighted by Crippen LogP contribution is 2.13. The van der Waals surface area contributed by atoms with Crippen LogP contribution < -0.4 is 10.6 Å². The van der Waals surface area contributed by atoms with Gasteiger partial charge in [-0.15, -0.1) is 11.3 Å². The van der Waals surface area contributed by atoms with Crippen LogP contribution in [0.25, 0.3) is 0 Å². The van der Waals surface area contributed by atoms with Gasteiger partial charge in [0.2, 0.25) is 5.95 Å². The van der Waals surface area contributed by atoms with Crippen LogP contribution >= 0.6 is 11.3 Å². The Balaban J connectivity index is 1.90. The number of halogens is 1. The van der Waals surface area contributed by atoms with Gasteiger partial charge >= 0.3 is 0 Å². The van der Waals surface area contributed by atoms with E-state index in [0.29, 0.717) is 12.5 Å². The lowest BCUT2D eigenvalue weighted by Crippen LogP contribution is -2.11. The summed E-state index contributed by atoms with van der Waals surface area (Å²) in [6.45, 7) is 5.37. The summed E-state index contributed by atoms with van der Waals surface area (Å²) in [5.41, 5.74) is 1.02. The van der Waals surface area contributed by atoms with Crippen molar-refractivity contribution in [1.82, 2.24) is 15.0 Å². The molecular weight excluding hydrogens is 277 g/mol. The smallest absolute Gasteiger partial charge is 0.224 e. The third kappa shape index (κ3) is 4.12. The van der Waals surface area contributed by atoms with Crippen molar-refractivity contribution in [3.8, 4) is 0 Å². The highest BCUT2D eigenvalue weighted by molar-refractivity contribution is 7.09. The monoisotopic (exact) mass is 295 g/mol. The lowest BCUT2D eigenvalue weighted by Gasteiger charge is -2.08. The number of aromatic nitrogens is 3. The van der Waals surface area contributed by atoms with Gasteiger partial charge in [-0.2, -0.15) is 4.98 Å². The van der Waals surface area contributed by atoms with Crippen LogP contribution in [0.15, 0.2) is 11.6 Å². The van der Waals surface area contributed by atoms with Crippen molar-refractivity contribution in [1.29, 1.82) is 0 Å². The molecule has 0 amide bonds. The molecule has 7 heteroatoms. The summed E-state index contributed by atoms with van der Waals surface area (Å²) in [6, 6.07) is 0. The molecule has 0 saturated carbocycles. The minimum Gasteiger partial charge on any atom is -0.367 e. The number of anilines is 2. The molecule has 0 bridgehead atoms. The summed E-state index contributed by atoms with van der Waals surface area (Å²) in [7, 11) is 0. The number of aryl methyl sites for hydroxylation is 1. The van der Waals surface area contributed by atoms with Crippen LogP contribution in [-0.2, 0) is 6.42 Å². The first kappa shape index (κ1) is 14.6. The first-order valence-electron chi connectivity index (χ1n) is 6.60. The van der Waals surface area contributed by atoms with Gasteiger partial charge in [0.25, 0.3) is 0 Å². The van der Waals surface area contributed by atoms with E-state index in [9.17, 15) is 4.39 Å². The number of nitrogens with one attached hydrogen (secondary N) is 2. The lowest BCUT2D eigenvalue weighted by atomic mass is 10.4. The predicted octanol–water partition coefficient (Wildman–Crippen LogP) is 2.86. The highest BCUT2D eigenvalue weighted by Gasteiger charge is 2.06. The number of thiazole rings is 1. The minimum atomic E-state index is -0.442. The molecule has 5 nitrogen and oxygen atoms in total. The zero-order valence-electron chi connectivity index (χ0n) is 11.6. The van der Waals surface area contributed by atoms with Crippen LogP contribution in [0.3, 0.4) is 0 Å². The van der Waals surface area contributed by atoms with Crippen molar-refractivity contribution < 1.29 is 4.39 Å². The van der Waals surface area contributed by atoms with Gasteiger partial charge < -0.3 is 10.6 Å². The molecule has 0 atom stereocenters.